The molecule has 3 rings (SSSR count). The van der Waals surface area contributed by atoms with Gasteiger partial charge in [0.05, 0.1) is 6.42 Å². The molecule has 0 spiro atoms. The lowest BCUT2D eigenvalue weighted by Gasteiger charge is -2.26. The Labute approximate surface area is 161 Å². The van der Waals surface area contributed by atoms with Crippen molar-refractivity contribution in [1.29, 1.82) is 0 Å². The molecule has 26 heavy (non-hydrogen) atoms. The van der Waals surface area contributed by atoms with E-state index in [0.29, 0.717) is 6.42 Å². The van der Waals surface area contributed by atoms with Gasteiger partial charge in [-0.2, -0.15) is 11.8 Å². The fourth-order valence-corrected chi connectivity index (χ4v) is 4.32. The van der Waals surface area contributed by atoms with Crippen molar-refractivity contribution in [3.05, 3.63) is 64.2 Å². The lowest BCUT2D eigenvalue weighted by Crippen LogP contribution is -2.31. The monoisotopic (exact) mass is 368 g/mol. The Bertz CT molecular complexity index is 782. The Hall–Kier alpha value is -1.78. The van der Waals surface area contributed by atoms with E-state index in [1.54, 1.807) is 0 Å². The molecule has 1 N–H and O–H groups in total. The van der Waals surface area contributed by atoms with E-state index in [9.17, 15) is 4.79 Å². The maximum Gasteiger partial charge on any atom is 0.228 e. The third-order valence-electron chi connectivity index (χ3n) is 4.93. The van der Waals surface area contributed by atoms with Gasteiger partial charge in [0.25, 0.3) is 0 Å². The summed E-state index contributed by atoms with van der Waals surface area (Å²) in [6, 6.07) is 12.7. The summed E-state index contributed by atoms with van der Waals surface area (Å²) >= 11 is 2.03. The highest BCUT2D eigenvalue weighted by Crippen LogP contribution is 2.20. The van der Waals surface area contributed by atoms with Crippen LogP contribution in [0.2, 0.25) is 0 Å². The predicted octanol–water partition coefficient (Wildman–Crippen LogP) is 4.34. The molecule has 0 radical (unpaired) electrons. The number of aryl methyl sites for hydroxylation is 3. The third kappa shape index (κ3) is 5.12. The normalized spacial score (nSPS) is 15.0. The Kier molecular flexibility index (Phi) is 6.38. The number of nitrogens with one attached hydrogen (secondary N) is 1. The molecule has 0 aliphatic carbocycles. The summed E-state index contributed by atoms with van der Waals surface area (Å²) in [7, 11) is 0. The fourth-order valence-electron chi connectivity index (χ4n) is 3.34. The van der Waals surface area contributed by atoms with Crippen LogP contribution >= 0.6 is 11.8 Å². The fraction of sp³-hybridized carbons (Fsp3) is 0.409. The number of amides is 1. The lowest BCUT2D eigenvalue weighted by molar-refractivity contribution is -0.115. The average Bonchev–Trinajstić information content (AvgIpc) is 2.61. The van der Waals surface area contributed by atoms with Crippen molar-refractivity contribution < 1.29 is 4.79 Å². The summed E-state index contributed by atoms with van der Waals surface area (Å²) < 4.78 is 0. The minimum atomic E-state index is 0.0441. The van der Waals surface area contributed by atoms with Crippen molar-refractivity contribution in [3.63, 3.8) is 0 Å². The zero-order chi connectivity index (χ0) is 18.5. The summed E-state index contributed by atoms with van der Waals surface area (Å²) in [6.07, 6.45) is 0.417. The summed E-state index contributed by atoms with van der Waals surface area (Å²) in [5, 5.41) is 3.08. The highest BCUT2D eigenvalue weighted by atomic mass is 32.2. The van der Waals surface area contributed by atoms with E-state index in [1.807, 2.05) is 17.8 Å². The number of nitrogens with zero attached hydrogens (tertiary/aromatic N) is 1. The quantitative estimate of drug-likeness (QED) is 0.852. The zero-order valence-electron chi connectivity index (χ0n) is 16.0. The topological polar surface area (TPSA) is 32.3 Å². The van der Waals surface area contributed by atoms with Gasteiger partial charge in [-0.05, 0) is 49.1 Å². The molecular weight excluding hydrogens is 340 g/mol. The van der Waals surface area contributed by atoms with Crippen molar-refractivity contribution in [1.82, 2.24) is 4.90 Å². The summed E-state index contributed by atoms with van der Waals surface area (Å²) in [6.45, 7) is 9.52. The summed E-state index contributed by atoms with van der Waals surface area (Å²) in [4.78, 5) is 15.0. The molecule has 1 heterocycles. The van der Waals surface area contributed by atoms with Crippen LogP contribution in [0, 0.1) is 20.8 Å². The average molecular weight is 369 g/mol. The second kappa shape index (κ2) is 8.74. The number of hydrogen-bond acceptors (Lipinski definition) is 3. The maximum atomic E-state index is 12.5. The van der Waals surface area contributed by atoms with Crippen LogP contribution in [-0.4, -0.2) is 35.4 Å². The van der Waals surface area contributed by atoms with Crippen molar-refractivity contribution in [2.24, 2.45) is 0 Å². The lowest BCUT2D eigenvalue weighted by atomic mass is 10.0. The van der Waals surface area contributed by atoms with Gasteiger partial charge in [-0.15, -0.1) is 0 Å². The molecule has 3 nitrogen and oxygen atoms in total. The molecule has 0 aromatic heterocycles. The molecule has 1 saturated heterocycles. The number of thioether (sulfide) groups is 1. The smallest absolute Gasteiger partial charge is 0.228 e. The van der Waals surface area contributed by atoms with Gasteiger partial charge in [-0.3, -0.25) is 9.69 Å². The first-order valence-corrected chi connectivity index (χ1v) is 10.4. The molecule has 2 aromatic carbocycles. The summed E-state index contributed by atoms with van der Waals surface area (Å²) in [5.41, 5.74) is 6.82. The van der Waals surface area contributed by atoms with E-state index in [1.165, 1.54) is 22.6 Å². The Morgan fingerprint density at radius 2 is 1.81 bits per heavy atom. The molecule has 138 valence electrons. The van der Waals surface area contributed by atoms with Gasteiger partial charge >= 0.3 is 0 Å². The van der Waals surface area contributed by atoms with Gasteiger partial charge in [-0.1, -0.05) is 35.9 Å². The number of carbonyl (C=O) groups excluding carboxylic acids is 1. The van der Waals surface area contributed by atoms with E-state index in [-0.39, 0.29) is 5.91 Å². The molecule has 0 bridgehead atoms. The van der Waals surface area contributed by atoms with Crippen molar-refractivity contribution in [2.75, 3.05) is 29.9 Å². The van der Waals surface area contributed by atoms with Crippen molar-refractivity contribution in [3.8, 4) is 0 Å². The Balaban J connectivity index is 1.62. The van der Waals surface area contributed by atoms with Gasteiger partial charge in [0, 0.05) is 36.8 Å². The van der Waals surface area contributed by atoms with Gasteiger partial charge < -0.3 is 5.32 Å². The zero-order valence-corrected chi connectivity index (χ0v) is 16.8. The van der Waals surface area contributed by atoms with Crippen LogP contribution in [-0.2, 0) is 17.8 Å². The maximum absolute atomic E-state index is 12.5. The third-order valence-corrected chi connectivity index (χ3v) is 5.87. The standard InChI is InChI=1S/C22H28N2OS/c1-16-4-5-17(2)20(12-16)14-22(25)23-21-7-6-19(13-18(21)3)15-24-8-10-26-11-9-24/h4-7,12-13H,8-11,14-15H2,1-3H3,(H,23,25). The largest absolute Gasteiger partial charge is 0.326 e. The Morgan fingerprint density at radius 3 is 2.54 bits per heavy atom. The first-order valence-electron chi connectivity index (χ1n) is 9.27. The van der Waals surface area contributed by atoms with Crippen LogP contribution in [0.15, 0.2) is 36.4 Å². The second-order valence-corrected chi connectivity index (χ2v) is 8.42. The first kappa shape index (κ1) is 19.0. The molecule has 2 aromatic rings. The van der Waals surface area contributed by atoms with E-state index >= 15 is 0 Å². The molecule has 4 heteroatoms. The molecule has 0 atom stereocenters. The number of hydrogen-bond donors (Lipinski definition) is 1. The molecule has 1 aliphatic heterocycles. The van der Waals surface area contributed by atoms with Gasteiger partial charge in [-0.25, -0.2) is 0 Å². The second-order valence-electron chi connectivity index (χ2n) is 7.19. The number of carbonyl (C=O) groups is 1. The minimum Gasteiger partial charge on any atom is -0.326 e. The van der Waals surface area contributed by atoms with Crippen LogP contribution < -0.4 is 5.32 Å². The van der Waals surface area contributed by atoms with E-state index in [4.69, 9.17) is 0 Å². The van der Waals surface area contributed by atoms with Crippen LogP contribution in [0.3, 0.4) is 0 Å². The van der Waals surface area contributed by atoms with Gasteiger partial charge in [0.2, 0.25) is 5.91 Å². The SMILES string of the molecule is Cc1ccc(C)c(CC(=O)Nc2ccc(CN3CCSCC3)cc2C)c1. The van der Waals surface area contributed by atoms with Gasteiger partial charge in [0.1, 0.15) is 0 Å². The van der Waals surface area contributed by atoms with Gasteiger partial charge in [0.15, 0.2) is 0 Å². The number of anilines is 1. The molecule has 0 unspecified atom stereocenters. The number of rotatable bonds is 5. The highest BCUT2D eigenvalue weighted by molar-refractivity contribution is 7.99. The highest BCUT2D eigenvalue weighted by Gasteiger charge is 2.12. The van der Waals surface area contributed by atoms with Crippen LogP contribution in [0.25, 0.3) is 0 Å². The molecule has 1 fully saturated rings. The molecule has 1 amide bonds. The first-order chi connectivity index (χ1) is 12.5. The van der Waals surface area contributed by atoms with Crippen LogP contribution in [0.1, 0.15) is 27.8 Å². The van der Waals surface area contributed by atoms with Crippen LogP contribution in [0.5, 0.6) is 0 Å². The van der Waals surface area contributed by atoms with Crippen molar-refractivity contribution >= 4 is 23.4 Å². The predicted molar refractivity (Wildman–Crippen MR) is 112 cm³/mol. The van der Waals surface area contributed by atoms with Crippen molar-refractivity contribution in [2.45, 2.75) is 33.7 Å². The van der Waals surface area contributed by atoms with E-state index in [0.717, 1.165) is 42.0 Å². The molecular formula is C22H28N2OS. The Morgan fingerprint density at radius 1 is 1.04 bits per heavy atom. The molecule has 1 aliphatic rings. The summed E-state index contributed by atoms with van der Waals surface area (Å²) in [5.74, 6) is 2.50. The van der Waals surface area contributed by atoms with Crippen LogP contribution in [0.4, 0.5) is 5.69 Å². The van der Waals surface area contributed by atoms with E-state index in [2.05, 4.69) is 61.3 Å². The minimum absolute atomic E-state index is 0.0441. The number of benzene rings is 2. The van der Waals surface area contributed by atoms with E-state index < -0.39 is 0 Å². The molecule has 0 saturated carbocycles.